The maximum absolute atomic E-state index is 4.94. The summed E-state index contributed by atoms with van der Waals surface area (Å²) in [7, 11) is 1.71. The molecule has 1 aliphatic rings. The van der Waals surface area contributed by atoms with Crippen molar-refractivity contribution < 1.29 is 4.74 Å². The van der Waals surface area contributed by atoms with Gasteiger partial charge in [0.25, 0.3) is 0 Å². The van der Waals surface area contributed by atoms with E-state index >= 15 is 0 Å². The minimum absolute atomic E-state index is 0. The van der Waals surface area contributed by atoms with Gasteiger partial charge in [-0.05, 0) is 67.5 Å². The van der Waals surface area contributed by atoms with Gasteiger partial charge in [-0.15, -0.1) is 0 Å². The summed E-state index contributed by atoms with van der Waals surface area (Å²) in [5, 5.41) is 0. The largest absolute Gasteiger partial charge is 0.379 e. The molecule has 0 unspecified atom stereocenters. The summed E-state index contributed by atoms with van der Waals surface area (Å²) < 4.78 is 4.94. The number of ether oxygens (including phenoxy) is 1. The quantitative estimate of drug-likeness (QED) is 0.610. The van der Waals surface area contributed by atoms with Crippen LogP contribution in [0, 0.1) is 0 Å². The van der Waals surface area contributed by atoms with Crippen LogP contribution in [0.5, 0.6) is 0 Å². The third-order valence-corrected chi connectivity index (χ3v) is 2.92. The van der Waals surface area contributed by atoms with E-state index in [1.165, 1.54) is 32.4 Å². The first-order valence-corrected chi connectivity index (χ1v) is 6.47. The monoisotopic (exact) mass is 261 g/mol. The molecule has 2 nitrogen and oxygen atoms in total. The van der Waals surface area contributed by atoms with Crippen molar-refractivity contribution in [2.75, 3.05) is 20.2 Å². The van der Waals surface area contributed by atoms with Crippen LogP contribution in [-0.2, 0) is 4.74 Å². The predicted octanol–water partition coefficient (Wildman–Crippen LogP) is 4.97. The molecule has 0 saturated carbocycles. The van der Waals surface area contributed by atoms with E-state index in [0.717, 1.165) is 0 Å². The topological polar surface area (TPSA) is 12.5 Å². The number of hydrogen-bond donors (Lipinski definition) is 0. The maximum atomic E-state index is 4.94. The summed E-state index contributed by atoms with van der Waals surface area (Å²) in [6.45, 7) is 15.6. The lowest BCUT2D eigenvalue weighted by Gasteiger charge is -2.38. The van der Waals surface area contributed by atoms with E-state index < -0.39 is 0 Å². The molecule has 18 heavy (non-hydrogen) atoms. The lowest BCUT2D eigenvalue weighted by molar-refractivity contribution is 0.0397. The highest BCUT2D eigenvalue weighted by Crippen LogP contribution is 2.19. The zero-order valence-electron chi connectivity index (χ0n) is 12.4. The fraction of sp³-hybridized carbons (Fsp3) is 1.00. The molecule has 0 N–H and O–H groups in total. The average Bonchev–Trinajstić information content (AvgIpc) is 2.18. The molecule has 1 heterocycles. The normalized spacial score (nSPS) is 16.8. The van der Waals surface area contributed by atoms with Gasteiger partial charge in [0.15, 0.2) is 0 Å². The summed E-state index contributed by atoms with van der Waals surface area (Å²) in [5.74, 6) is 0. The van der Waals surface area contributed by atoms with Crippen molar-refractivity contribution in [2.24, 2.45) is 0 Å². The van der Waals surface area contributed by atoms with Crippen molar-refractivity contribution in [1.29, 1.82) is 0 Å². The van der Waals surface area contributed by atoms with Crippen molar-refractivity contribution in [1.82, 2.24) is 4.90 Å². The number of hydrogen-bond acceptors (Lipinski definition) is 2. The van der Waals surface area contributed by atoms with E-state index in [9.17, 15) is 0 Å². The van der Waals surface area contributed by atoms with Crippen LogP contribution < -0.4 is 0 Å². The first-order chi connectivity index (χ1) is 7.17. The van der Waals surface area contributed by atoms with Gasteiger partial charge in [-0.2, -0.15) is 0 Å². The van der Waals surface area contributed by atoms with Crippen LogP contribution >= 0.6 is 0 Å². The number of piperidine rings is 1. The first kappa shape index (κ1) is 23.0. The van der Waals surface area contributed by atoms with Gasteiger partial charge in [0, 0.05) is 12.6 Å². The van der Waals surface area contributed by atoms with E-state index in [2.05, 4.69) is 25.7 Å². The van der Waals surface area contributed by atoms with E-state index in [-0.39, 0.29) is 20.5 Å². The molecular formula is C16H39NO. The van der Waals surface area contributed by atoms with Crippen molar-refractivity contribution >= 4 is 0 Å². The van der Waals surface area contributed by atoms with Gasteiger partial charge in [-0.3, -0.25) is 4.90 Å². The molecule has 1 aliphatic heterocycles. The van der Waals surface area contributed by atoms with Crippen LogP contribution in [-0.4, -0.2) is 36.2 Å². The Hall–Kier alpha value is -0.0800. The lowest BCUT2D eigenvalue weighted by Crippen LogP contribution is -2.44. The third kappa shape index (κ3) is 12.4. The van der Waals surface area contributed by atoms with Gasteiger partial charge in [0.1, 0.15) is 0 Å². The highest BCUT2D eigenvalue weighted by molar-refractivity contribution is 4.78. The Morgan fingerprint density at radius 2 is 1.11 bits per heavy atom. The van der Waals surface area contributed by atoms with Gasteiger partial charge >= 0.3 is 0 Å². The summed E-state index contributed by atoms with van der Waals surface area (Å²) >= 11 is 0. The number of methoxy groups -OCH3 is 1. The fourth-order valence-electron chi connectivity index (χ4n) is 1.56. The molecule has 1 saturated heterocycles. The molecule has 1 fully saturated rings. The van der Waals surface area contributed by atoms with Crippen LogP contribution in [0.1, 0.15) is 75.7 Å². The number of rotatable bonds is 0. The Morgan fingerprint density at radius 1 is 0.778 bits per heavy atom. The molecule has 0 amide bonds. The zero-order chi connectivity index (χ0) is 12.8. The van der Waals surface area contributed by atoms with Crippen LogP contribution in [0.4, 0.5) is 0 Å². The van der Waals surface area contributed by atoms with Gasteiger partial charge in [-0.25, -0.2) is 0 Å². The van der Waals surface area contributed by atoms with Gasteiger partial charge < -0.3 is 4.74 Å². The van der Waals surface area contributed by atoms with E-state index in [1.54, 1.807) is 7.11 Å². The van der Waals surface area contributed by atoms with E-state index in [0.29, 0.717) is 5.54 Å². The van der Waals surface area contributed by atoms with Crippen molar-refractivity contribution in [3.63, 3.8) is 0 Å². The van der Waals surface area contributed by atoms with Crippen molar-refractivity contribution in [2.45, 2.75) is 86.8 Å². The van der Waals surface area contributed by atoms with Crippen molar-refractivity contribution in [3.05, 3.63) is 0 Å². The van der Waals surface area contributed by atoms with Crippen molar-refractivity contribution in [3.8, 4) is 0 Å². The highest BCUT2D eigenvalue weighted by atomic mass is 16.5. The number of nitrogens with zero attached hydrogens (tertiary/aromatic N) is 1. The fourth-order valence-corrected chi connectivity index (χ4v) is 1.56. The van der Waals surface area contributed by atoms with Gasteiger partial charge in [-0.1, -0.05) is 21.3 Å². The number of likely N-dealkylation sites (tertiary alicyclic amines) is 1. The second kappa shape index (κ2) is 9.80. The maximum Gasteiger partial charge on any atom is 0.0594 e. The van der Waals surface area contributed by atoms with E-state index in [4.69, 9.17) is 4.74 Å². The standard InChI is InChI=1S/C9H19N.C5H12O.2CH4/c1-9(2,3)10-7-5-4-6-8-10;1-5(2,3)6-4;;/h4-8H2,1-3H3;1-4H3;2*1H4. The minimum Gasteiger partial charge on any atom is -0.379 e. The molecule has 0 aromatic rings. The molecule has 0 atom stereocenters. The Kier molecular flexibility index (Phi) is 12.5. The summed E-state index contributed by atoms with van der Waals surface area (Å²) in [6, 6.07) is 0. The second-order valence-electron chi connectivity index (χ2n) is 6.54. The Morgan fingerprint density at radius 3 is 1.28 bits per heavy atom. The zero-order valence-corrected chi connectivity index (χ0v) is 12.4. The van der Waals surface area contributed by atoms with Gasteiger partial charge in [0.05, 0.1) is 5.60 Å². The SMILES string of the molecule is C.C.CC(C)(C)N1CCCCC1.COC(C)(C)C. The minimum atomic E-state index is 0. The molecule has 2 heteroatoms. The molecule has 1 rings (SSSR count). The Balaban J connectivity index is -0.000000250. The predicted molar refractivity (Wildman–Crippen MR) is 85.4 cm³/mol. The lowest BCUT2D eigenvalue weighted by atomic mass is 10.0. The summed E-state index contributed by atoms with van der Waals surface area (Å²) in [4.78, 5) is 2.58. The molecule has 0 aliphatic carbocycles. The smallest absolute Gasteiger partial charge is 0.0594 e. The molecule has 0 spiro atoms. The Bertz CT molecular complexity index is 171. The molecular weight excluding hydrogens is 222 g/mol. The van der Waals surface area contributed by atoms with Crippen LogP contribution in [0.2, 0.25) is 0 Å². The molecule has 0 aromatic carbocycles. The molecule has 0 bridgehead atoms. The summed E-state index contributed by atoms with van der Waals surface area (Å²) in [6.07, 6.45) is 4.24. The second-order valence-corrected chi connectivity index (χ2v) is 6.54. The molecule has 0 aromatic heterocycles. The van der Waals surface area contributed by atoms with Gasteiger partial charge in [0.2, 0.25) is 0 Å². The Labute approximate surface area is 117 Å². The van der Waals surface area contributed by atoms with Crippen LogP contribution in [0.15, 0.2) is 0 Å². The van der Waals surface area contributed by atoms with E-state index in [1.807, 2.05) is 20.8 Å². The molecule has 114 valence electrons. The first-order valence-electron chi connectivity index (χ1n) is 6.47. The average molecular weight is 261 g/mol. The van der Waals surface area contributed by atoms with Crippen LogP contribution in [0.25, 0.3) is 0 Å². The summed E-state index contributed by atoms with van der Waals surface area (Å²) in [5.41, 5.74) is 0.445. The van der Waals surface area contributed by atoms with Crippen LogP contribution in [0.3, 0.4) is 0 Å². The molecule has 0 radical (unpaired) electrons. The third-order valence-electron chi connectivity index (χ3n) is 2.92. The highest BCUT2D eigenvalue weighted by Gasteiger charge is 2.21.